The average Bonchev–Trinajstić information content (AvgIpc) is 2.64. The van der Waals surface area contributed by atoms with E-state index in [0.29, 0.717) is 11.5 Å². The molecule has 0 aliphatic carbocycles. The number of nitrogens with two attached hydrogens (primary N) is 1. The number of imidazole rings is 1. The van der Waals surface area contributed by atoms with Crippen LogP contribution in [0.4, 0.5) is 19.0 Å². The number of hydrogen-bond acceptors (Lipinski definition) is 2. The highest BCUT2D eigenvalue weighted by Gasteiger charge is 2.29. The number of anilines is 1. The molecule has 84 valence electrons. The molecule has 6 heteroatoms. The predicted molar refractivity (Wildman–Crippen MR) is 53.0 cm³/mol. The fourth-order valence-electron chi connectivity index (χ4n) is 1.30. The van der Waals surface area contributed by atoms with E-state index >= 15 is 0 Å². The molecule has 0 radical (unpaired) electrons. The summed E-state index contributed by atoms with van der Waals surface area (Å²) in [6.45, 7) is 0. The zero-order valence-corrected chi connectivity index (χ0v) is 8.07. The Morgan fingerprint density at radius 3 is 2.19 bits per heavy atom. The van der Waals surface area contributed by atoms with Crippen molar-refractivity contribution in [2.45, 2.75) is 6.18 Å². The van der Waals surface area contributed by atoms with Gasteiger partial charge in [-0.15, -0.1) is 0 Å². The summed E-state index contributed by atoms with van der Waals surface area (Å²) >= 11 is 0. The lowest BCUT2D eigenvalue weighted by Gasteiger charge is -2.07. The van der Waals surface area contributed by atoms with Gasteiger partial charge in [0.15, 0.2) is 0 Å². The van der Waals surface area contributed by atoms with E-state index in [1.54, 1.807) is 4.57 Å². The van der Waals surface area contributed by atoms with E-state index < -0.39 is 11.7 Å². The Morgan fingerprint density at radius 2 is 1.75 bits per heavy atom. The van der Waals surface area contributed by atoms with Gasteiger partial charge in [0.05, 0.1) is 11.8 Å². The Hall–Kier alpha value is -1.98. The molecule has 2 N–H and O–H groups in total. The van der Waals surface area contributed by atoms with Gasteiger partial charge in [-0.1, -0.05) is 0 Å². The third kappa shape index (κ3) is 2.00. The van der Waals surface area contributed by atoms with E-state index in [0.717, 1.165) is 12.1 Å². The van der Waals surface area contributed by atoms with Crippen LogP contribution in [0.15, 0.2) is 36.8 Å². The van der Waals surface area contributed by atoms with Crippen molar-refractivity contribution in [2.24, 2.45) is 0 Å². The Bertz CT molecular complexity index is 485. The van der Waals surface area contributed by atoms with Gasteiger partial charge in [-0.2, -0.15) is 13.2 Å². The Morgan fingerprint density at radius 1 is 1.12 bits per heavy atom. The molecule has 2 rings (SSSR count). The standard InChI is InChI=1S/C10H8F3N3/c11-10(12,13)7-1-3-8(4-2-7)16-5-9(14)15-6-16/h1-6H,14H2. The van der Waals surface area contributed by atoms with Crippen LogP contribution in [0.3, 0.4) is 0 Å². The van der Waals surface area contributed by atoms with Crippen LogP contribution in [0.25, 0.3) is 5.69 Å². The zero-order valence-electron chi connectivity index (χ0n) is 8.07. The lowest BCUT2D eigenvalue weighted by Crippen LogP contribution is -2.04. The van der Waals surface area contributed by atoms with E-state index in [1.165, 1.54) is 24.7 Å². The molecule has 0 unspecified atom stereocenters. The number of halogens is 3. The maximum atomic E-state index is 12.3. The molecule has 0 aliphatic heterocycles. The quantitative estimate of drug-likeness (QED) is 0.813. The fourth-order valence-corrected chi connectivity index (χ4v) is 1.30. The van der Waals surface area contributed by atoms with Crippen LogP contribution in [0.5, 0.6) is 0 Å². The monoisotopic (exact) mass is 227 g/mol. The van der Waals surface area contributed by atoms with E-state index in [-0.39, 0.29) is 0 Å². The highest BCUT2D eigenvalue weighted by atomic mass is 19.4. The lowest BCUT2D eigenvalue weighted by molar-refractivity contribution is -0.137. The minimum atomic E-state index is -4.31. The van der Waals surface area contributed by atoms with Crippen LogP contribution in [-0.2, 0) is 6.18 Å². The third-order valence-electron chi connectivity index (χ3n) is 2.10. The second-order valence-corrected chi connectivity index (χ2v) is 3.25. The number of rotatable bonds is 1. The summed E-state index contributed by atoms with van der Waals surface area (Å²) in [5.41, 5.74) is 5.31. The zero-order chi connectivity index (χ0) is 11.8. The van der Waals surface area contributed by atoms with Crippen molar-refractivity contribution in [2.75, 3.05) is 5.73 Å². The Kier molecular flexibility index (Phi) is 2.34. The van der Waals surface area contributed by atoms with Crippen molar-refractivity contribution in [1.82, 2.24) is 9.55 Å². The van der Waals surface area contributed by atoms with Crippen molar-refractivity contribution in [3.63, 3.8) is 0 Å². The molecule has 1 aromatic carbocycles. The van der Waals surface area contributed by atoms with Gasteiger partial charge >= 0.3 is 6.18 Å². The molecule has 2 aromatic rings. The van der Waals surface area contributed by atoms with Gasteiger partial charge in [0.1, 0.15) is 12.1 Å². The van der Waals surface area contributed by atoms with Crippen molar-refractivity contribution in [1.29, 1.82) is 0 Å². The molecule has 0 aliphatic rings. The molecule has 0 atom stereocenters. The van der Waals surface area contributed by atoms with Crippen LogP contribution in [0.2, 0.25) is 0 Å². The number of alkyl halides is 3. The molecule has 16 heavy (non-hydrogen) atoms. The molecule has 1 aromatic heterocycles. The molecule has 3 nitrogen and oxygen atoms in total. The number of nitrogens with zero attached hydrogens (tertiary/aromatic N) is 2. The van der Waals surface area contributed by atoms with Crippen LogP contribution in [0.1, 0.15) is 5.56 Å². The number of hydrogen-bond donors (Lipinski definition) is 1. The molecule has 0 saturated heterocycles. The highest BCUT2D eigenvalue weighted by Crippen LogP contribution is 2.29. The smallest absolute Gasteiger partial charge is 0.382 e. The van der Waals surface area contributed by atoms with Crippen molar-refractivity contribution in [3.05, 3.63) is 42.4 Å². The van der Waals surface area contributed by atoms with Gasteiger partial charge in [0, 0.05) is 5.69 Å². The SMILES string of the molecule is Nc1cn(-c2ccc(C(F)(F)F)cc2)cn1. The molecule has 1 heterocycles. The summed E-state index contributed by atoms with van der Waals surface area (Å²) in [7, 11) is 0. The minimum absolute atomic E-state index is 0.319. The van der Waals surface area contributed by atoms with E-state index in [1.807, 2.05) is 0 Å². The molecule has 0 bridgehead atoms. The van der Waals surface area contributed by atoms with Crippen LogP contribution in [-0.4, -0.2) is 9.55 Å². The van der Waals surface area contributed by atoms with Gasteiger partial charge in [-0.25, -0.2) is 4.98 Å². The first-order valence-corrected chi connectivity index (χ1v) is 4.44. The molecule has 0 saturated carbocycles. The molecule has 0 amide bonds. The van der Waals surface area contributed by atoms with Crippen LogP contribution < -0.4 is 5.73 Å². The van der Waals surface area contributed by atoms with Gasteiger partial charge < -0.3 is 10.3 Å². The van der Waals surface area contributed by atoms with E-state index in [4.69, 9.17) is 5.73 Å². The van der Waals surface area contributed by atoms with Gasteiger partial charge in [0.2, 0.25) is 0 Å². The second kappa shape index (κ2) is 3.55. The Labute approximate surface area is 89.3 Å². The molecular formula is C10H8F3N3. The summed E-state index contributed by atoms with van der Waals surface area (Å²) in [5.74, 6) is 0.319. The summed E-state index contributed by atoms with van der Waals surface area (Å²) < 4.78 is 38.4. The third-order valence-corrected chi connectivity index (χ3v) is 2.10. The predicted octanol–water partition coefficient (Wildman–Crippen LogP) is 2.47. The maximum Gasteiger partial charge on any atom is 0.416 e. The lowest BCUT2D eigenvalue weighted by atomic mass is 10.2. The van der Waals surface area contributed by atoms with Gasteiger partial charge in [-0.3, -0.25) is 0 Å². The van der Waals surface area contributed by atoms with Gasteiger partial charge in [0.25, 0.3) is 0 Å². The van der Waals surface area contributed by atoms with E-state index in [2.05, 4.69) is 4.98 Å². The minimum Gasteiger partial charge on any atom is -0.382 e. The topological polar surface area (TPSA) is 43.8 Å². The first-order chi connectivity index (χ1) is 7.47. The molecule has 0 spiro atoms. The number of aromatic nitrogens is 2. The summed E-state index contributed by atoms with van der Waals surface area (Å²) in [6.07, 6.45) is -1.34. The summed E-state index contributed by atoms with van der Waals surface area (Å²) in [5, 5.41) is 0. The van der Waals surface area contributed by atoms with Crippen molar-refractivity contribution >= 4 is 5.82 Å². The number of benzene rings is 1. The van der Waals surface area contributed by atoms with Gasteiger partial charge in [-0.05, 0) is 24.3 Å². The van der Waals surface area contributed by atoms with Crippen molar-refractivity contribution < 1.29 is 13.2 Å². The normalized spacial score (nSPS) is 11.7. The second-order valence-electron chi connectivity index (χ2n) is 3.25. The van der Waals surface area contributed by atoms with Crippen LogP contribution in [0, 0.1) is 0 Å². The average molecular weight is 227 g/mol. The summed E-state index contributed by atoms with van der Waals surface area (Å²) in [6, 6.07) is 4.77. The first-order valence-electron chi connectivity index (χ1n) is 4.44. The Balaban J connectivity index is 2.33. The van der Waals surface area contributed by atoms with Crippen LogP contribution >= 0.6 is 0 Å². The molecule has 0 fully saturated rings. The largest absolute Gasteiger partial charge is 0.416 e. The van der Waals surface area contributed by atoms with E-state index in [9.17, 15) is 13.2 Å². The first kappa shape index (κ1) is 10.5. The number of nitrogen functional groups attached to an aromatic ring is 1. The van der Waals surface area contributed by atoms with Crippen molar-refractivity contribution in [3.8, 4) is 5.69 Å². The highest BCUT2D eigenvalue weighted by molar-refractivity contribution is 5.38. The summed E-state index contributed by atoms with van der Waals surface area (Å²) in [4.78, 5) is 3.78. The fraction of sp³-hybridized carbons (Fsp3) is 0.100. The maximum absolute atomic E-state index is 12.3. The molecular weight excluding hydrogens is 219 g/mol.